The molecular formula is C17H15ClN4OS. The van der Waals surface area contributed by atoms with Gasteiger partial charge in [0.15, 0.2) is 11.0 Å². The molecule has 1 aromatic heterocycles. The monoisotopic (exact) mass is 358 g/mol. The Labute approximate surface area is 149 Å². The van der Waals surface area contributed by atoms with E-state index >= 15 is 0 Å². The van der Waals surface area contributed by atoms with Crippen molar-refractivity contribution in [2.45, 2.75) is 5.16 Å². The molecule has 1 N–H and O–H groups in total. The third-order valence-electron chi connectivity index (χ3n) is 3.31. The number of amides is 1. The minimum absolute atomic E-state index is 0.119. The summed E-state index contributed by atoms with van der Waals surface area (Å²) in [6, 6.07) is 16.9. The van der Waals surface area contributed by atoms with Crippen molar-refractivity contribution in [3.05, 3.63) is 59.6 Å². The molecule has 122 valence electrons. The number of carbonyl (C=O) groups is 1. The number of nitrogens with one attached hydrogen (secondary N) is 1. The predicted molar refractivity (Wildman–Crippen MR) is 97.2 cm³/mol. The Morgan fingerprint density at radius 1 is 1.17 bits per heavy atom. The predicted octanol–water partition coefficient (Wildman–Crippen LogP) is 3.87. The second kappa shape index (κ2) is 7.51. The SMILES string of the molecule is Cn1c(SCC(=O)Nc2cccc(Cl)c2)nnc1-c1ccccc1. The summed E-state index contributed by atoms with van der Waals surface area (Å²) in [4.78, 5) is 12.1. The van der Waals surface area contributed by atoms with Crippen LogP contribution in [0.5, 0.6) is 0 Å². The third kappa shape index (κ3) is 3.96. The lowest BCUT2D eigenvalue weighted by atomic mass is 10.2. The molecule has 7 heteroatoms. The van der Waals surface area contributed by atoms with Gasteiger partial charge in [-0.15, -0.1) is 10.2 Å². The second-order valence-electron chi connectivity index (χ2n) is 5.08. The first-order chi connectivity index (χ1) is 11.6. The van der Waals surface area contributed by atoms with Crippen molar-refractivity contribution in [1.82, 2.24) is 14.8 Å². The van der Waals surface area contributed by atoms with Crippen LogP contribution in [0.2, 0.25) is 5.02 Å². The number of hydrogen-bond acceptors (Lipinski definition) is 4. The van der Waals surface area contributed by atoms with Gasteiger partial charge in [-0.05, 0) is 18.2 Å². The molecule has 24 heavy (non-hydrogen) atoms. The van der Waals surface area contributed by atoms with E-state index < -0.39 is 0 Å². The van der Waals surface area contributed by atoms with Gasteiger partial charge in [0, 0.05) is 23.3 Å². The van der Waals surface area contributed by atoms with Crippen LogP contribution in [0.1, 0.15) is 0 Å². The highest BCUT2D eigenvalue weighted by Crippen LogP contribution is 2.22. The molecule has 5 nitrogen and oxygen atoms in total. The molecule has 0 saturated heterocycles. The van der Waals surface area contributed by atoms with Crippen LogP contribution in [0, 0.1) is 0 Å². The number of benzene rings is 2. The number of nitrogens with zero attached hydrogens (tertiary/aromatic N) is 3. The topological polar surface area (TPSA) is 59.8 Å². The number of thioether (sulfide) groups is 1. The second-order valence-corrected chi connectivity index (χ2v) is 6.46. The maximum atomic E-state index is 12.1. The van der Waals surface area contributed by atoms with E-state index in [1.807, 2.05) is 41.9 Å². The highest BCUT2D eigenvalue weighted by molar-refractivity contribution is 7.99. The Morgan fingerprint density at radius 3 is 2.71 bits per heavy atom. The van der Waals surface area contributed by atoms with Gasteiger partial charge >= 0.3 is 0 Å². The quantitative estimate of drug-likeness (QED) is 0.703. The summed E-state index contributed by atoms with van der Waals surface area (Å²) in [7, 11) is 1.89. The van der Waals surface area contributed by atoms with Crippen LogP contribution >= 0.6 is 23.4 Å². The van der Waals surface area contributed by atoms with E-state index in [0.717, 1.165) is 11.4 Å². The molecule has 0 aliphatic carbocycles. The maximum Gasteiger partial charge on any atom is 0.234 e. The Kier molecular flexibility index (Phi) is 5.17. The zero-order valence-corrected chi connectivity index (χ0v) is 14.5. The first-order valence-corrected chi connectivity index (χ1v) is 8.63. The molecule has 0 fully saturated rings. The highest BCUT2D eigenvalue weighted by Gasteiger charge is 2.12. The van der Waals surface area contributed by atoms with Gasteiger partial charge in [-0.1, -0.05) is 59.8 Å². The van der Waals surface area contributed by atoms with E-state index in [2.05, 4.69) is 15.5 Å². The first-order valence-electron chi connectivity index (χ1n) is 7.26. The fourth-order valence-electron chi connectivity index (χ4n) is 2.17. The lowest BCUT2D eigenvalue weighted by Crippen LogP contribution is -2.14. The molecule has 3 aromatic rings. The van der Waals surface area contributed by atoms with Crippen molar-refractivity contribution in [2.75, 3.05) is 11.1 Å². The summed E-state index contributed by atoms with van der Waals surface area (Å²) in [5.41, 5.74) is 1.67. The average molecular weight is 359 g/mol. The molecule has 0 radical (unpaired) electrons. The van der Waals surface area contributed by atoms with Crippen molar-refractivity contribution < 1.29 is 4.79 Å². The smallest absolute Gasteiger partial charge is 0.234 e. The van der Waals surface area contributed by atoms with E-state index in [9.17, 15) is 4.79 Å². The van der Waals surface area contributed by atoms with Gasteiger partial charge in [-0.25, -0.2) is 0 Å². The normalized spacial score (nSPS) is 10.6. The molecule has 0 spiro atoms. The van der Waals surface area contributed by atoms with E-state index in [0.29, 0.717) is 15.9 Å². The molecule has 0 unspecified atom stereocenters. The van der Waals surface area contributed by atoms with Crippen LogP contribution in [-0.2, 0) is 11.8 Å². The van der Waals surface area contributed by atoms with Gasteiger partial charge in [0.2, 0.25) is 5.91 Å². The van der Waals surface area contributed by atoms with Crippen LogP contribution in [0.3, 0.4) is 0 Å². The molecule has 2 aromatic carbocycles. The van der Waals surface area contributed by atoms with Crippen LogP contribution in [-0.4, -0.2) is 26.4 Å². The number of anilines is 1. The Bertz CT molecular complexity index is 851. The van der Waals surface area contributed by atoms with Crippen LogP contribution in [0.25, 0.3) is 11.4 Å². The number of hydrogen-bond donors (Lipinski definition) is 1. The van der Waals surface area contributed by atoms with Crippen LogP contribution in [0.15, 0.2) is 59.8 Å². The largest absolute Gasteiger partial charge is 0.325 e. The molecule has 0 aliphatic heterocycles. The van der Waals surface area contributed by atoms with Crippen molar-refractivity contribution in [2.24, 2.45) is 7.05 Å². The minimum Gasteiger partial charge on any atom is -0.325 e. The van der Waals surface area contributed by atoms with Gasteiger partial charge < -0.3 is 9.88 Å². The lowest BCUT2D eigenvalue weighted by molar-refractivity contribution is -0.113. The number of aromatic nitrogens is 3. The Morgan fingerprint density at radius 2 is 1.96 bits per heavy atom. The summed E-state index contributed by atoms with van der Waals surface area (Å²) in [5, 5.41) is 12.4. The van der Waals surface area contributed by atoms with Crippen molar-refractivity contribution in [1.29, 1.82) is 0 Å². The van der Waals surface area contributed by atoms with Crippen molar-refractivity contribution in [3.8, 4) is 11.4 Å². The zero-order chi connectivity index (χ0) is 16.9. The van der Waals surface area contributed by atoms with Gasteiger partial charge in [-0.3, -0.25) is 4.79 Å². The van der Waals surface area contributed by atoms with Gasteiger partial charge in [-0.2, -0.15) is 0 Å². The zero-order valence-electron chi connectivity index (χ0n) is 12.9. The van der Waals surface area contributed by atoms with Crippen LogP contribution in [0.4, 0.5) is 5.69 Å². The van der Waals surface area contributed by atoms with E-state index in [1.165, 1.54) is 11.8 Å². The number of rotatable bonds is 5. The van der Waals surface area contributed by atoms with Crippen LogP contribution < -0.4 is 5.32 Å². The van der Waals surface area contributed by atoms with Gasteiger partial charge in [0.05, 0.1) is 5.75 Å². The molecule has 0 saturated carbocycles. The summed E-state index contributed by atoms with van der Waals surface area (Å²) in [5.74, 6) is 0.896. The summed E-state index contributed by atoms with van der Waals surface area (Å²) < 4.78 is 1.88. The highest BCUT2D eigenvalue weighted by atomic mass is 35.5. The maximum absolute atomic E-state index is 12.1. The van der Waals surface area contributed by atoms with Gasteiger partial charge in [0.1, 0.15) is 0 Å². The van der Waals surface area contributed by atoms with E-state index in [1.54, 1.807) is 24.3 Å². The molecule has 3 rings (SSSR count). The fourth-order valence-corrected chi connectivity index (χ4v) is 3.07. The minimum atomic E-state index is -0.119. The third-order valence-corrected chi connectivity index (χ3v) is 4.56. The Balaban J connectivity index is 1.63. The fraction of sp³-hybridized carbons (Fsp3) is 0.118. The Hall–Kier alpha value is -2.31. The number of carbonyl (C=O) groups excluding carboxylic acids is 1. The molecule has 1 amide bonds. The molecule has 0 atom stereocenters. The van der Waals surface area contributed by atoms with E-state index in [4.69, 9.17) is 11.6 Å². The molecule has 0 bridgehead atoms. The van der Waals surface area contributed by atoms with Crippen molar-refractivity contribution >= 4 is 35.0 Å². The molecule has 0 aliphatic rings. The summed E-state index contributed by atoms with van der Waals surface area (Å²) >= 11 is 7.24. The molecule has 1 heterocycles. The molecular weight excluding hydrogens is 344 g/mol. The average Bonchev–Trinajstić information content (AvgIpc) is 2.94. The summed E-state index contributed by atoms with van der Waals surface area (Å²) in [6.45, 7) is 0. The van der Waals surface area contributed by atoms with Crippen molar-refractivity contribution in [3.63, 3.8) is 0 Å². The lowest BCUT2D eigenvalue weighted by Gasteiger charge is -2.06. The first kappa shape index (κ1) is 16.5. The number of halogens is 1. The van der Waals surface area contributed by atoms with Gasteiger partial charge in [0.25, 0.3) is 0 Å². The summed E-state index contributed by atoms with van der Waals surface area (Å²) in [6.07, 6.45) is 0. The standard InChI is InChI=1S/C17H15ClN4OS/c1-22-16(12-6-3-2-4-7-12)20-21-17(22)24-11-15(23)19-14-9-5-8-13(18)10-14/h2-10H,11H2,1H3,(H,19,23). The van der Waals surface area contributed by atoms with E-state index in [-0.39, 0.29) is 11.7 Å².